The van der Waals surface area contributed by atoms with Gasteiger partial charge in [-0.15, -0.1) is 0 Å². The van der Waals surface area contributed by atoms with Crippen molar-refractivity contribution in [1.29, 1.82) is 0 Å². The highest BCUT2D eigenvalue weighted by Gasteiger charge is 2.32. The molecule has 1 heterocycles. The average molecular weight is 472 g/mol. The Kier molecular flexibility index (Phi) is 6.68. The van der Waals surface area contributed by atoms with Gasteiger partial charge in [0.15, 0.2) is 18.5 Å². The van der Waals surface area contributed by atoms with E-state index in [-0.39, 0.29) is 53.4 Å². The van der Waals surface area contributed by atoms with Crippen LogP contribution in [-0.4, -0.2) is 49.0 Å². The minimum Gasteiger partial charge on any atom is -0.488 e. The number of aryl methyl sites for hydroxylation is 1. The summed E-state index contributed by atoms with van der Waals surface area (Å²) >= 11 is 0. The standard InChI is InChI=1S/C23H22O7P2/c1-31-22(26)29-11-18(24)13-3-5-15-14(7-13)10-28-20-9-16-12(8-17(15)20)4-6-19(21(16)25)30-23(27)32-2/h3,5,7-9,19,31-32H,4,6,10-11H2,1-2H3. The third-order valence-electron chi connectivity index (χ3n) is 5.53. The van der Waals surface area contributed by atoms with Crippen LogP contribution in [0.4, 0.5) is 9.59 Å². The average Bonchev–Trinajstić information content (AvgIpc) is 2.82. The van der Waals surface area contributed by atoms with E-state index in [1.54, 1.807) is 31.5 Å². The van der Waals surface area contributed by atoms with E-state index in [2.05, 4.69) is 0 Å². The zero-order valence-electron chi connectivity index (χ0n) is 17.7. The number of rotatable bonds is 6. The molecule has 0 saturated carbocycles. The van der Waals surface area contributed by atoms with Gasteiger partial charge in [-0.25, -0.2) is 9.59 Å². The number of Topliss-reactive ketones (excluding diaryl/α,β-unsaturated/α-hetero) is 2. The second-order valence-corrected chi connectivity index (χ2v) is 9.28. The summed E-state index contributed by atoms with van der Waals surface area (Å²) in [5.74, 6) is 0.124. The van der Waals surface area contributed by atoms with E-state index in [1.807, 2.05) is 12.1 Å². The predicted octanol–water partition coefficient (Wildman–Crippen LogP) is 4.82. The molecule has 0 saturated heterocycles. The molecule has 0 radical (unpaired) electrons. The fourth-order valence-electron chi connectivity index (χ4n) is 3.87. The molecule has 0 aromatic heterocycles. The minimum atomic E-state index is -0.743. The van der Waals surface area contributed by atoms with Gasteiger partial charge in [0, 0.05) is 16.7 Å². The summed E-state index contributed by atoms with van der Waals surface area (Å²) in [6, 6.07) is 9.01. The van der Waals surface area contributed by atoms with Crippen molar-refractivity contribution in [2.75, 3.05) is 19.9 Å². The van der Waals surface area contributed by atoms with Crippen LogP contribution in [0.1, 0.15) is 38.3 Å². The van der Waals surface area contributed by atoms with Crippen molar-refractivity contribution in [2.45, 2.75) is 25.6 Å². The number of hydrogen-bond acceptors (Lipinski definition) is 7. The van der Waals surface area contributed by atoms with Crippen LogP contribution in [0.5, 0.6) is 5.75 Å². The van der Waals surface area contributed by atoms with Crippen molar-refractivity contribution < 1.29 is 33.4 Å². The molecule has 2 aromatic carbocycles. The maximum absolute atomic E-state index is 12.8. The largest absolute Gasteiger partial charge is 0.488 e. The Hall–Kier alpha value is -2.62. The van der Waals surface area contributed by atoms with Gasteiger partial charge in [-0.3, -0.25) is 9.59 Å². The van der Waals surface area contributed by atoms with E-state index in [4.69, 9.17) is 14.2 Å². The first kappa shape index (κ1) is 22.6. The van der Waals surface area contributed by atoms with E-state index in [0.717, 1.165) is 22.3 Å². The molecule has 0 N–H and O–H groups in total. The van der Waals surface area contributed by atoms with Crippen LogP contribution in [0.15, 0.2) is 30.3 Å². The highest BCUT2D eigenvalue weighted by molar-refractivity contribution is 7.56. The number of benzene rings is 2. The molecule has 0 spiro atoms. The van der Waals surface area contributed by atoms with Crippen LogP contribution in [0.2, 0.25) is 0 Å². The smallest absolute Gasteiger partial charge is 0.323 e. The summed E-state index contributed by atoms with van der Waals surface area (Å²) in [6.07, 6.45) is 0.334. The number of fused-ring (bicyclic) bond motifs is 4. The first-order chi connectivity index (χ1) is 15.4. The summed E-state index contributed by atoms with van der Waals surface area (Å²) in [4.78, 5) is 48.2. The van der Waals surface area contributed by atoms with Crippen molar-refractivity contribution >= 4 is 40.1 Å². The Balaban J connectivity index is 1.59. The Morgan fingerprint density at radius 3 is 2.53 bits per heavy atom. The lowest BCUT2D eigenvalue weighted by Crippen LogP contribution is -2.31. The molecule has 9 heteroatoms. The van der Waals surface area contributed by atoms with Gasteiger partial charge in [-0.05, 0) is 78.2 Å². The fraction of sp³-hybridized carbons (Fsp3) is 0.304. The summed E-state index contributed by atoms with van der Waals surface area (Å²) < 4.78 is 16.2. The van der Waals surface area contributed by atoms with Gasteiger partial charge in [0.05, 0.1) is 0 Å². The normalized spacial score (nSPS) is 16.9. The molecule has 32 heavy (non-hydrogen) atoms. The van der Waals surface area contributed by atoms with Crippen LogP contribution < -0.4 is 4.74 Å². The molecule has 166 valence electrons. The van der Waals surface area contributed by atoms with E-state index < -0.39 is 6.10 Å². The number of carbonyl (C=O) groups excluding carboxylic acids is 4. The molecule has 7 nitrogen and oxygen atoms in total. The molecule has 2 aromatic rings. The van der Waals surface area contributed by atoms with Crippen molar-refractivity contribution in [1.82, 2.24) is 0 Å². The Morgan fingerprint density at radius 1 is 1.00 bits per heavy atom. The maximum Gasteiger partial charge on any atom is 0.323 e. The topological polar surface area (TPSA) is 96.0 Å². The molecule has 1 aliphatic carbocycles. The third-order valence-corrected chi connectivity index (χ3v) is 6.61. The molecule has 3 unspecified atom stereocenters. The fourth-order valence-corrected chi connectivity index (χ4v) is 4.35. The van der Waals surface area contributed by atoms with Crippen molar-refractivity contribution in [3.63, 3.8) is 0 Å². The third kappa shape index (κ3) is 4.46. The van der Waals surface area contributed by atoms with E-state index >= 15 is 0 Å². The summed E-state index contributed by atoms with van der Waals surface area (Å²) in [5.41, 5.74) is 3.78. The molecule has 0 bridgehead atoms. The minimum absolute atomic E-state index is 0.00806. The van der Waals surface area contributed by atoms with E-state index in [9.17, 15) is 19.2 Å². The number of ether oxygens (including phenoxy) is 3. The van der Waals surface area contributed by atoms with Crippen LogP contribution >= 0.6 is 17.2 Å². The predicted molar refractivity (Wildman–Crippen MR) is 123 cm³/mol. The monoisotopic (exact) mass is 472 g/mol. The lowest BCUT2D eigenvalue weighted by Gasteiger charge is -2.27. The zero-order chi connectivity index (χ0) is 22.8. The van der Waals surface area contributed by atoms with Gasteiger partial charge in [-0.2, -0.15) is 0 Å². The van der Waals surface area contributed by atoms with Crippen LogP contribution in [0.3, 0.4) is 0 Å². The molecular formula is C23H22O7P2. The van der Waals surface area contributed by atoms with Crippen LogP contribution in [0.25, 0.3) is 11.1 Å². The number of hydrogen-bond donors (Lipinski definition) is 0. The Labute approximate surface area is 188 Å². The van der Waals surface area contributed by atoms with Crippen molar-refractivity contribution in [3.05, 3.63) is 52.6 Å². The molecular weight excluding hydrogens is 450 g/mol. The van der Waals surface area contributed by atoms with Crippen LogP contribution in [0, 0.1) is 0 Å². The second kappa shape index (κ2) is 9.48. The quantitative estimate of drug-likeness (QED) is 0.440. The molecule has 1 aliphatic heterocycles. The second-order valence-electron chi connectivity index (χ2n) is 7.46. The number of carbonyl (C=O) groups is 4. The first-order valence-corrected chi connectivity index (χ1v) is 13.1. The van der Waals surface area contributed by atoms with Crippen LogP contribution in [-0.2, 0) is 22.5 Å². The summed E-state index contributed by atoms with van der Waals surface area (Å²) in [6.45, 7) is 3.39. The summed E-state index contributed by atoms with van der Waals surface area (Å²) in [5, 5.41) is 0. The van der Waals surface area contributed by atoms with E-state index in [0.29, 0.717) is 29.7 Å². The Bertz CT molecular complexity index is 1130. The lowest BCUT2D eigenvalue weighted by atomic mass is 9.84. The van der Waals surface area contributed by atoms with Gasteiger partial charge >= 0.3 is 11.4 Å². The van der Waals surface area contributed by atoms with Gasteiger partial charge < -0.3 is 14.2 Å². The van der Waals surface area contributed by atoms with Gasteiger partial charge in [0.1, 0.15) is 12.4 Å². The highest BCUT2D eigenvalue weighted by atomic mass is 31.1. The van der Waals surface area contributed by atoms with Gasteiger partial charge in [-0.1, -0.05) is 12.1 Å². The lowest BCUT2D eigenvalue weighted by molar-refractivity contribution is 0.0657. The molecule has 0 fully saturated rings. The summed E-state index contributed by atoms with van der Waals surface area (Å²) in [7, 11) is -0.0193. The highest BCUT2D eigenvalue weighted by Crippen LogP contribution is 2.41. The molecule has 3 atom stereocenters. The maximum atomic E-state index is 12.8. The van der Waals surface area contributed by atoms with Gasteiger partial charge in [0.25, 0.3) is 0 Å². The van der Waals surface area contributed by atoms with Crippen molar-refractivity contribution in [2.24, 2.45) is 0 Å². The molecule has 0 amide bonds. The Morgan fingerprint density at radius 2 is 1.78 bits per heavy atom. The van der Waals surface area contributed by atoms with E-state index in [1.165, 1.54) is 0 Å². The molecule has 2 aliphatic rings. The molecule has 4 rings (SSSR count). The SMILES string of the molecule is CPC(=O)OCC(=O)c1ccc2c(c1)COc1cc3c(cc1-2)CCC(OC(=O)PC)C3=O. The number of ketones is 2. The van der Waals surface area contributed by atoms with Gasteiger partial charge in [0.2, 0.25) is 5.78 Å². The first-order valence-electron chi connectivity index (χ1n) is 10.1. The zero-order valence-corrected chi connectivity index (χ0v) is 19.7. The van der Waals surface area contributed by atoms with Crippen molar-refractivity contribution in [3.8, 4) is 16.9 Å².